The van der Waals surface area contributed by atoms with Crippen LogP contribution in [0, 0.1) is 0 Å². The van der Waals surface area contributed by atoms with Gasteiger partial charge in [-0.05, 0) is 31.0 Å². The molecular weight excluding hydrogens is 250 g/mol. The number of ether oxygens (including phenoxy) is 2. The van der Waals surface area contributed by atoms with Gasteiger partial charge < -0.3 is 15.2 Å². The van der Waals surface area contributed by atoms with Crippen molar-refractivity contribution >= 4 is 0 Å². The molecule has 0 amide bonds. The Bertz CT molecular complexity index is 554. The zero-order chi connectivity index (χ0) is 14.4. The van der Waals surface area contributed by atoms with E-state index in [4.69, 9.17) is 15.2 Å². The van der Waals surface area contributed by atoms with E-state index < -0.39 is 0 Å². The first kappa shape index (κ1) is 14.4. The Morgan fingerprint density at radius 2 is 1.65 bits per heavy atom. The lowest BCUT2D eigenvalue weighted by Gasteiger charge is -2.17. The van der Waals surface area contributed by atoms with E-state index in [1.54, 1.807) is 7.11 Å². The van der Waals surface area contributed by atoms with Crippen LogP contribution in [0.2, 0.25) is 0 Å². The van der Waals surface area contributed by atoms with Crippen LogP contribution in [-0.4, -0.2) is 13.7 Å². The van der Waals surface area contributed by atoms with Crippen molar-refractivity contribution < 1.29 is 9.47 Å². The van der Waals surface area contributed by atoms with Crippen molar-refractivity contribution in [1.82, 2.24) is 0 Å². The van der Waals surface area contributed by atoms with Crippen LogP contribution >= 0.6 is 0 Å². The van der Waals surface area contributed by atoms with Crippen molar-refractivity contribution in [3.05, 3.63) is 59.7 Å². The van der Waals surface area contributed by atoms with Crippen molar-refractivity contribution in [2.75, 3.05) is 13.7 Å². The third-order valence-corrected chi connectivity index (χ3v) is 3.25. The molecule has 20 heavy (non-hydrogen) atoms. The number of benzene rings is 2. The van der Waals surface area contributed by atoms with Crippen LogP contribution in [0.15, 0.2) is 48.5 Å². The monoisotopic (exact) mass is 271 g/mol. The van der Waals surface area contributed by atoms with Crippen LogP contribution in [0.25, 0.3) is 0 Å². The summed E-state index contributed by atoms with van der Waals surface area (Å²) in [6, 6.07) is 15.8. The lowest BCUT2D eigenvalue weighted by atomic mass is 9.98. The summed E-state index contributed by atoms with van der Waals surface area (Å²) in [5, 5.41) is 0. The van der Waals surface area contributed by atoms with E-state index in [-0.39, 0.29) is 6.04 Å². The smallest absolute Gasteiger partial charge is 0.123 e. The van der Waals surface area contributed by atoms with E-state index in [1.165, 1.54) is 0 Å². The Labute approximate surface area is 120 Å². The summed E-state index contributed by atoms with van der Waals surface area (Å²) in [6.07, 6.45) is 0.719. The van der Waals surface area contributed by atoms with Crippen molar-refractivity contribution in [2.24, 2.45) is 5.73 Å². The Balaban J connectivity index is 2.21. The van der Waals surface area contributed by atoms with Gasteiger partial charge in [0.1, 0.15) is 11.5 Å². The van der Waals surface area contributed by atoms with E-state index in [0.717, 1.165) is 29.0 Å². The van der Waals surface area contributed by atoms with Gasteiger partial charge >= 0.3 is 0 Å². The first-order valence-corrected chi connectivity index (χ1v) is 6.85. The van der Waals surface area contributed by atoms with Gasteiger partial charge in [-0.1, -0.05) is 36.4 Å². The summed E-state index contributed by atoms with van der Waals surface area (Å²) in [6.45, 7) is 2.64. The molecule has 0 saturated heterocycles. The lowest BCUT2D eigenvalue weighted by molar-refractivity contribution is 0.335. The van der Waals surface area contributed by atoms with Gasteiger partial charge in [0.15, 0.2) is 0 Å². The lowest BCUT2D eigenvalue weighted by Crippen LogP contribution is -2.15. The highest BCUT2D eigenvalue weighted by Crippen LogP contribution is 2.28. The van der Waals surface area contributed by atoms with Gasteiger partial charge in [0.2, 0.25) is 0 Å². The summed E-state index contributed by atoms with van der Waals surface area (Å²) in [5.74, 6) is 1.73. The molecule has 2 rings (SSSR count). The van der Waals surface area contributed by atoms with Crippen LogP contribution < -0.4 is 15.2 Å². The minimum atomic E-state index is -0.118. The molecule has 2 aromatic rings. The topological polar surface area (TPSA) is 44.5 Å². The van der Waals surface area contributed by atoms with Gasteiger partial charge in [-0.3, -0.25) is 0 Å². The summed E-state index contributed by atoms with van der Waals surface area (Å²) in [5.41, 5.74) is 8.47. The van der Waals surface area contributed by atoms with Gasteiger partial charge in [-0.25, -0.2) is 0 Å². The molecule has 0 radical (unpaired) electrons. The van der Waals surface area contributed by atoms with Crippen molar-refractivity contribution in [1.29, 1.82) is 0 Å². The fourth-order valence-corrected chi connectivity index (χ4v) is 2.29. The van der Waals surface area contributed by atoms with Gasteiger partial charge in [-0.2, -0.15) is 0 Å². The summed E-state index contributed by atoms with van der Waals surface area (Å²) < 4.78 is 11.0. The average Bonchev–Trinajstić information content (AvgIpc) is 2.49. The first-order valence-electron chi connectivity index (χ1n) is 6.85. The Hall–Kier alpha value is -2.00. The highest BCUT2D eigenvalue weighted by atomic mass is 16.5. The fraction of sp³-hybridized carbons (Fsp3) is 0.294. The zero-order valence-corrected chi connectivity index (χ0v) is 12.0. The van der Waals surface area contributed by atoms with Crippen molar-refractivity contribution in [3.63, 3.8) is 0 Å². The third-order valence-electron chi connectivity index (χ3n) is 3.25. The van der Waals surface area contributed by atoms with Crippen LogP contribution in [0.5, 0.6) is 11.5 Å². The number of hydrogen-bond acceptors (Lipinski definition) is 3. The Kier molecular flexibility index (Phi) is 5.02. The number of nitrogens with two attached hydrogens (primary N) is 1. The SMILES string of the molecule is CCOc1ccccc1CC(N)c1ccccc1OC. The Morgan fingerprint density at radius 3 is 2.35 bits per heavy atom. The van der Waals surface area contributed by atoms with Gasteiger partial charge in [0, 0.05) is 11.6 Å². The van der Waals surface area contributed by atoms with E-state index in [9.17, 15) is 0 Å². The minimum absolute atomic E-state index is 0.118. The summed E-state index contributed by atoms with van der Waals surface area (Å²) in [4.78, 5) is 0. The molecule has 106 valence electrons. The molecule has 0 bridgehead atoms. The fourth-order valence-electron chi connectivity index (χ4n) is 2.29. The molecule has 2 aromatic carbocycles. The number of hydrogen-bond donors (Lipinski definition) is 1. The molecule has 0 aliphatic heterocycles. The Morgan fingerprint density at radius 1 is 1.00 bits per heavy atom. The van der Waals surface area contributed by atoms with Crippen LogP contribution in [-0.2, 0) is 6.42 Å². The van der Waals surface area contributed by atoms with Gasteiger partial charge in [-0.15, -0.1) is 0 Å². The first-order chi connectivity index (χ1) is 9.76. The molecule has 1 unspecified atom stereocenters. The quantitative estimate of drug-likeness (QED) is 0.876. The van der Waals surface area contributed by atoms with Gasteiger partial charge in [0.05, 0.1) is 13.7 Å². The van der Waals surface area contributed by atoms with E-state index in [1.807, 2.05) is 49.4 Å². The second kappa shape index (κ2) is 6.96. The molecule has 0 heterocycles. The molecule has 3 nitrogen and oxygen atoms in total. The molecule has 0 spiro atoms. The molecule has 0 aliphatic carbocycles. The maximum atomic E-state index is 6.33. The molecule has 0 aliphatic rings. The molecule has 1 atom stereocenters. The maximum absolute atomic E-state index is 6.33. The van der Waals surface area contributed by atoms with E-state index in [2.05, 4.69) is 6.07 Å². The third kappa shape index (κ3) is 3.31. The van der Waals surface area contributed by atoms with Crippen LogP contribution in [0.3, 0.4) is 0 Å². The standard InChI is InChI=1S/C17H21NO2/c1-3-20-16-10-6-4-8-13(16)12-15(18)14-9-5-7-11-17(14)19-2/h4-11,15H,3,12,18H2,1-2H3. The minimum Gasteiger partial charge on any atom is -0.496 e. The maximum Gasteiger partial charge on any atom is 0.123 e. The zero-order valence-electron chi connectivity index (χ0n) is 12.0. The number of para-hydroxylation sites is 2. The summed E-state index contributed by atoms with van der Waals surface area (Å²) >= 11 is 0. The molecule has 3 heteroatoms. The van der Waals surface area contributed by atoms with E-state index >= 15 is 0 Å². The molecule has 0 saturated carbocycles. The molecule has 0 aromatic heterocycles. The predicted molar refractivity (Wildman–Crippen MR) is 81.2 cm³/mol. The predicted octanol–water partition coefficient (Wildman–Crippen LogP) is 3.34. The largest absolute Gasteiger partial charge is 0.496 e. The second-order valence-electron chi connectivity index (χ2n) is 4.59. The number of rotatable bonds is 6. The highest BCUT2D eigenvalue weighted by molar-refractivity contribution is 5.39. The summed E-state index contributed by atoms with van der Waals surface area (Å²) in [7, 11) is 1.67. The van der Waals surface area contributed by atoms with Crippen LogP contribution in [0.4, 0.5) is 0 Å². The van der Waals surface area contributed by atoms with Crippen molar-refractivity contribution in [3.8, 4) is 11.5 Å². The number of methoxy groups -OCH3 is 1. The van der Waals surface area contributed by atoms with Crippen molar-refractivity contribution in [2.45, 2.75) is 19.4 Å². The second-order valence-corrected chi connectivity index (χ2v) is 4.59. The average molecular weight is 271 g/mol. The highest BCUT2D eigenvalue weighted by Gasteiger charge is 2.14. The van der Waals surface area contributed by atoms with Crippen LogP contribution in [0.1, 0.15) is 24.1 Å². The normalized spacial score (nSPS) is 11.9. The van der Waals surface area contributed by atoms with Gasteiger partial charge in [0.25, 0.3) is 0 Å². The molecular formula is C17H21NO2. The molecule has 0 fully saturated rings. The van der Waals surface area contributed by atoms with E-state index in [0.29, 0.717) is 6.61 Å². The molecule has 2 N–H and O–H groups in total.